The molecule has 3 rings (SSSR count). The zero-order chi connectivity index (χ0) is 14.2. The number of hydrogen-bond acceptors (Lipinski definition) is 4. The minimum absolute atomic E-state index is 0.362. The summed E-state index contributed by atoms with van der Waals surface area (Å²) in [6, 6.07) is 8.82. The molecular formula is C15H21N5. The zero-order valence-corrected chi connectivity index (χ0v) is 12.3. The lowest BCUT2D eigenvalue weighted by atomic mass is 9.87. The van der Waals surface area contributed by atoms with Crippen LogP contribution in [-0.4, -0.2) is 26.2 Å². The molecule has 2 aromatic rings. The molecule has 1 N–H and O–H groups in total. The van der Waals surface area contributed by atoms with Crippen LogP contribution in [0.4, 0.5) is 5.69 Å². The molecule has 1 aromatic carbocycles. The highest BCUT2D eigenvalue weighted by atomic mass is 15.5. The van der Waals surface area contributed by atoms with Gasteiger partial charge in [0.2, 0.25) is 0 Å². The molecule has 0 saturated heterocycles. The molecule has 20 heavy (non-hydrogen) atoms. The van der Waals surface area contributed by atoms with Crippen molar-refractivity contribution in [2.45, 2.75) is 46.1 Å². The number of rotatable bonds is 3. The van der Waals surface area contributed by atoms with Gasteiger partial charge >= 0.3 is 0 Å². The number of aryl methyl sites for hydroxylation is 1. The van der Waals surface area contributed by atoms with E-state index in [2.05, 4.69) is 46.8 Å². The second-order valence-corrected chi connectivity index (χ2v) is 6.27. The summed E-state index contributed by atoms with van der Waals surface area (Å²) in [4.78, 5) is 0. The van der Waals surface area contributed by atoms with Crippen LogP contribution in [0, 0.1) is 12.3 Å². The van der Waals surface area contributed by atoms with E-state index >= 15 is 0 Å². The predicted molar refractivity (Wildman–Crippen MR) is 78.9 cm³/mol. The Hall–Kier alpha value is -1.91. The fourth-order valence-corrected chi connectivity index (χ4v) is 2.99. The average Bonchev–Trinajstić information content (AvgIpc) is 2.97. The van der Waals surface area contributed by atoms with Gasteiger partial charge in [-0.05, 0) is 53.8 Å². The van der Waals surface area contributed by atoms with Crippen molar-refractivity contribution in [1.82, 2.24) is 20.2 Å². The Kier molecular flexibility index (Phi) is 3.20. The first-order valence-electron chi connectivity index (χ1n) is 7.18. The molecule has 1 aliphatic carbocycles. The second-order valence-electron chi connectivity index (χ2n) is 6.27. The minimum atomic E-state index is 0.362. The summed E-state index contributed by atoms with van der Waals surface area (Å²) in [6.07, 6.45) is 3.83. The number of anilines is 1. The Morgan fingerprint density at radius 3 is 2.85 bits per heavy atom. The fraction of sp³-hybridized carbons (Fsp3) is 0.533. The molecule has 1 aliphatic rings. The maximum atomic E-state index is 4.02. The number of tetrazole rings is 1. The van der Waals surface area contributed by atoms with Gasteiger partial charge in [-0.1, -0.05) is 26.3 Å². The lowest BCUT2D eigenvalue weighted by Crippen LogP contribution is -2.30. The highest BCUT2D eigenvalue weighted by molar-refractivity contribution is 5.52. The molecule has 0 amide bonds. The summed E-state index contributed by atoms with van der Waals surface area (Å²) in [6.45, 7) is 6.58. The molecule has 1 saturated carbocycles. The molecule has 1 aromatic heterocycles. The van der Waals surface area contributed by atoms with Crippen molar-refractivity contribution < 1.29 is 0 Å². The molecule has 0 aliphatic heterocycles. The van der Waals surface area contributed by atoms with Crippen molar-refractivity contribution in [2.24, 2.45) is 5.41 Å². The van der Waals surface area contributed by atoms with Crippen molar-refractivity contribution in [3.63, 3.8) is 0 Å². The van der Waals surface area contributed by atoms with Gasteiger partial charge < -0.3 is 5.32 Å². The summed E-state index contributed by atoms with van der Waals surface area (Å²) in [5.74, 6) is 0.795. The molecule has 5 nitrogen and oxygen atoms in total. The second kappa shape index (κ2) is 4.89. The SMILES string of the molecule is Cc1nnnn1-c1cccc(NC2CCCC2(C)C)c1. The van der Waals surface area contributed by atoms with E-state index in [0.29, 0.717) is 11.5 Å². The van der Waals surface area contributed by atoms with Crippen LogP contribution in [0.1, 0.15) is 38.9 Å². The largest absolute Gasteiger partial charge is 0.382 e. The molecule has 0 bridgehead atoms. The minimum Gasteiger partial charge on any atom is -0.382 e. The fourth-order valence-electron chi connectivity index (χ4n) is 2.99. The Morgan fingerprint density at radius 2 is 2.20 bits per heavy atom. The number of benzene rings is 1. The summed E-state index contributed by atoms with van der Waals surface area (Å²) in [5, 5.41) is 15.3. The molecule has 0 radical (unpaired) electrons. The summed E-state index contributed by atoms with van der Waals surface area (Å²) >= 11 is 0. The van der Waals surface area contributed by atoms with Gasteiger partial charge in [-0.3, -0.25) is 0 Å². The van der Waals surface area contributed by atoms with Gasteiger partial charge in [0, 0.05) is 11.7 Å². The van der Waals surface area contributed by atoms with Crippen molar-refractivity contribution in [3.05, 3.63) is 30.1 Å². The van der Waals surface area contributed by atoms with Gasteiger partial charge in [0.25, 0.3) is 0 Å². The van der Waals surface area contributed by atoms with E-state index in [-0.39, 0.29) is 0 Å². The number of nitrogens with one attached hydrogen (secondary N) is 1. The molecule has 5 heteroatoms. The summed E-state index contributed by atoms with van der Waals surface area (Å²) < 4.78 is 1.75. The van der Waals surface area contributed by atoms with E-state index in [1.165, 1.54) is 19.3 Å². The topological polar surface area (TPSA) is 55.6 Å². The Bertz CT molecular complexity index is 602. The molecule has 1 unspecified atom stereocenters. The van der Waals surface area contributed by atoms with Crippen LogP contribution < -0.4 is 5.32 Å². The third-order valence-electron chi connectivity index (χ3n) is 4.31. The molecule has 1 fully saturated rings. The summed E-state index contributed by atoms with van der Waals surface area (Å²) in [7, 11) is 0. The maximum Gasteiger partial charge on any atom is 0.153 e. The van der Waals surface area contributed by atoms with Crippen molar-refractivity contribution in [1.29, 1.82) is 0 Å². The smallest absolute Gasteiger partial charge is 0.153 e. The Labute approximate surface area is 119 Å². The molecule has 0 spiro atoms. The van der Waals surface area contributed by atoms with Crippen molar-refractivity contribution in [2.75, 3.05) is 5.32 Å². The van der Waals surface area contributed by atoms with Gasteiger partial charge in [-0.15, -0.1) is 5.10 Å². The highest BCUT2D eigenvalue weighted by Crippen LogP contribution is 2.39. The van der Waals surface area contributed by atoms with Crippen molar-refractivity contribution in [3.8, 4) is 5.69 Å². The predicted octanol–water partition coefficient (Wildman–Crippen LogP) is 2.96. The van der Waals surface area contributed by atoms with Crippen LogP contribution in [0.15, 0.2) is 24.3 Å². The first-order valence-corrected chi connectivity index (χ1v) is 7.18. The first kappa shape index (κ1) is 13.1. The van der Waals surface area contributed by atoms with E-state index < -0.39 is 0 Å². The lowest BCUT2D eigenvalue weighted by Gasteiger charge is -2.28. The molecule has 1 atom stereocenters. The van der Waals surface area contributed by atoms with E-state index in [9.17, 15) is 0 Å². The molecular weight excluding hydrogens is 250 g/mol. The Balaban J connectivity index is 1.84. The normalized spacial score (nSPS) is 21.1. The Morgan fingerprint density at radius 1 is 1.35 bits per heavy atom. The molecule has 1 heterocycles. The van der Waals surface area contributed by atoms with Crippen LogP contribution in [0.5, 0.6) is 0 Å². The number of hydrogen-bond donors (Lipinski definition) is 1. The van der Waals surface area contributed by atoms with E-state index in [1.807, 2.05) is 19.1 Å². The van der Waals surface area contributed by atoms with Crippen molar-refractivity contribution >= 4 is 5.69 Å². The maximum absolute atomic E-state index is 4.02. The average molecular weight is 271 g/mol. The third kappa shape index (κ3) is 2.40. The summed E-state index contributed by atoms with van der Waals surface area (Å²) in [5.41, 5.74) is 2.49. The third-order valence-corrected chi connectivity index (χ3v) is 4.31. The van der Waals surface area contributed by atoms with Crippen LogP contribution in [-0.2, 0) is 0 Å². The first-order chi connectivity index (χ1) is 9.56. The van der Waals surface area contributed by atoms with Crippen LogP contribution in [0.2, 0.25) is 0 Å². The van der Waals surface area contributed by atoms with E-state index in [1.54, 1.807) is 4.68 Å². The van der Waals surface area contributed by atoms with Crippen LogP contribution in [0.3, 0.4) is 0 Å². The van der Waals surface area contributed by atoms with Gasteiger partial charge in [0.1, 0.15) is 0 Å². The monoisotopic (exact) mass is 271 g/mol. The van der Waals surface area contributed by atoms with Gasteiger partial charge in [0.05, 0.1) is 5.69 Å². The quantitative estimate of drug-likeness (QED) is 0.932. The van der Waals surface area contributed by atoms with Gasteiger partial charge in [-0.2, -0.15) is 4.68 Å². The highest BCUT2D eigenvalue weighted by Gasteiger charge is 2.34. The van der Waals surface area contributed by atoms with E-state index in [4.69, 9.17) is 0 Å². The lowest BCUT2D eigenvalue weighted by molar-refractivity contribution is 0.350. The van der Waals surface area contributed by atoms with Gasteiger partial charge in [-0.25, -0.2) is 0 Å². The van der Waals surface area contributed by atoms with E-state index in [0.717, 1.165) is 17.2 Å². The number of nitrogens with zero attached hydrogens (tertiary/aromatic N) is 4. The number of aromatic nitrogens is 4. The zero-order valence-electron chi connectivity index (χ0n) is 12.3. The van der Waals surface area contributed by atoms with Crippen LogP contribution in [0.25, 0.3) is 5.69 Å². The molecule has 106 valence electrons. The standard InChI is InChI=1S/C15H21N5/c1-11-17-18-19-20(11)13-7-4-6-12(10-13)16-14-8-5-9-15(14,2)3/h4,6-7,10,14,16H,5,8-9H2,1-3H3. The van der Waals surface area contributed by atoms with Crippen LogP contribution >= 0.6 is 0 Å². The van der Waals surface area contributed by atoms with Gasteiger partial charge in [0.15, 0.2) is 5.82 Å².